The number of ether oxygens (including phenoxy) is 1. The average molecular weight is 278 g/mol. The maximum absolute atomic E-state index is 10.1. The van der Waals surface area contributed by atoms with Crippen LogP contribution in [0.25, 0.3) is 0 Å². The molecule has 0 bridgehead atoms. The number of benzene rings is 1. The molecule has 19 heavy (non-hydrogen) atoms. The molecule has 0 spiro atoms. The first-order valence-electron chi connectivity index (χ1n) is 6.09. The molecule has 0 fully saturated rings. The van der Waals surface area contributed by atoms with Crippen molar-refractivity contribution < 1.29 is 9.84 Å². The number of hydrogen-bond donors (Lipinski definition) is 1. The standard InChI is InChI=1S/C15H16ClNO2/c1-19-15-6-5-12(10-17-15)9-14(18)8-11-3-2-4-13(16)7-11/h2-7,10,14,18H,8-9H2,1H3. The monoisotopic (exact) mass is 277 g/mol. The minimum atomic E-state index is -0.450. The van der Waals surface area contributed by atoms with E-state index in [4.69, 9.17) is 16.3 Å². The van der Waals surface area contributed by atoms with Crippen molar-refractivity contribution in [3.05, 3.63) is 58.7 Å². The highest BCUT2D eigenvalue weighted by molar-refractivity contribution is 6.30. The maximum Gasteiger partial charge on any atom is 0.212 e. The fourth-order valence-corrected chi connectivity index (χ4v) is 2.15. The van der Waals surface area contributed by atoms with Crippen LogP contribution in [0.1, 0.15) is 11.1 Å². The Labute approximate surface area is 117 Å². The van der Waals surface area contributed by atoms with E-state index < -0.39 is 6.10 Å². The van der Waals surface area contributed by atoms with Crippen LogP contribution in [-0.2, 0) is 12.8 Å². The van der Waals surface area contributed by atoms with Gasteiger partial charge in [0.1, 0.15) is 0 Å². The number of methoxy groups -OCH3 is 1. The fourth-order valence-electron chi connectivity index (χ4n) is 1.93. The number of aliphatic hydroxyl groups is 1. The van der Waals surface area contributed by atoms with Crippen LogP contribution >= 0.6 is 11.6 Å². The van der Waals surface area contributed by atoms with Gasteiger partial charge in [0.05, 0.1) is 13.2 Å². The Morgan fingerprint density at radius 1 is 1.21 bits per heavy atom. The predicted molar refractivity (Wildman–Crippen MR) is 75.7 cm³/mol. The normalized spacial score (nSPS) is 12.2. The van der Waals surface area contributed by atoms with E-state index in [9.17, 15) is 5.11 Å². The molecule has 0 amide bonds. The SMILES string of the molecule is COc1ccc(CC(O)Cc2cccc(Cl)c2)cn1. The second kappa shape index (κ2) is 6.55. The van der Waals surface area contributed by atoms with Gasteiger partial charge in [-0.3, -0.25) is 0 Å². The van der Waals surface area contributed by atoms with Crippen molar-refractivity contribution in [1.82, 2.24) is 4.98 Å². The molecule has 100 valence electrons. The Morgan fingerprint density at radius 2 is 2.00 bits per heavy atom. The van der Waals surface area contributed by atoms with Crippen LogP contribution < -0.4 is 4.74 Å². The Hall–Kier alpha value is -1.58. The first kappa shape index (κ1) is 13.8. The molecule has 2 aromatic rings. The molecule has 1 aromatic carbocycles. The minimum Gasteiger partial charge on any atom is -0.481 e. The minimum absolute atomic E-state index is 0.450. The van der Waals surface area contributed by atoms with Gasteiger partial charge in [-0.05, 0) is 29.7 Å². The van der Waals surface area contributed by atoms with Crippen LogP contribution in [0.15, 0.2) is 42.6 Å². The van der Waals surface area contributed by atoms with E-state index in [0.29, 0.717) is 23.7 Å². The molecule has 0 saturated heterocycles. The Balaban J connectivity index is 1.95. The van der Waals surface area contributed by atoms with E-state index >= 15 is 0 Å². The lowest BCUT2D eigenvalue weighted by Gasteiger charge is -2.11. The van der Waals surface area contributed by atoms with Gasteiger partial charge < -0.3 is 9.84 Å². The summed E-state index contributed by atoms with van der Waals surface area (Å²) in [5.74, 6) is 0.577. The van der Waals surface area contributed by atoms with E-state index in [1.54, 1.807) is 19.4 Å². The van der Waals surface area contributed by atoms with Crippen molar-refractivity contribution in [3.8, 4) is 5.88 Å². The first-order chi connectivity index (χ1) is 9.17. The number of pyridine rings is 1. The zero-order valence-electron chi connectivity index (χ0n) is 10.7. The summed E-state index contributed by atoms with van der Waals surface area (Å²) in [5.41, 5.74) is 2.01. The summed E-state index contributed by atoms with van der Waals surface area (Å²) in [4.78, 5) is 4.12. The van der Waals surface area contributed by atoms with Gasteiger partial charge in [-0.15, -0.1) is 0 Å². The van der Waals surface area contributed by atoms with Gasteiger partial charge in [-0.1, -0.05) is 29.8 Å². The van der Waals surface area contributed by atoms with Crippen molar-refractivity contribution in [3.63, 3.8) is 0 Å². The third-order valence-corrected chi connectivity index (χ3v) is 3.07. The van der Waals surface area contributed by atoms with E-state index in [1.807, 2.05) is 30.3 Å². The Morgan fingerprint density at radius 3 is 2.63 bits per heavy atom. The van der Waals surface area contributed by atoms with E-state index in [2.05, 4.69) is 4.98 Å². The molecule has 1 aromatic heterocycles. The van der Waals surface area contributed by atoms with Crippen LogP contribution in [0, 0.1) is 0 Å². The van der Waals surface area contributed by atoms with Gasteiger partial charge in [-0.25, -0.2) is 4.98 Å². The quantitative estimate of drug-likeness (QED) is 0.914. The molecule has 0 radical (unpaired) electrons. The number of aromatic nitrogens is 1. The number of hydrogen-bond acceptors (Lipinski definition) is 3. The summed E-state index contributed by atoms with van der Waals surface area (Å²) in [5, 5.41) is 10.8. The van der Waals surface area contributed by atoms with Crippen LogP contribution in [-0.4, -0.2) is 23.3 Å². The van der Waals surface area contributed by atoms with Gasteiger partial charge in [0, 0.05) is 23.7 Å². The number of nitrogens with zero attached hydrogens (tertiary/aromatic N) is 1. The molecule has 2 rings (SSSR count). The van der Waals surface area contributed by atoms with Gasteiger partial charge in [0.25, 0.3) is 0 Å². The highest BCUT2D eigenvalue weighted by atomic mass is 35.5. The highest BCUT2D eigenvalue weighted by Crippen LogP contribution is 2.14. The second-order valence-electron chi connectivity index (χ2n) is 4.40. The van der Waals surface area contributed by atoms with E-state index in [-0.39, 0.29) is 0 Å². The third kappa shape index (κ3) is 4.23. The molecule has 4 heteroatoms. The third-order valence-electron chi connectivity index (χ3n) is 2.84. The first-order valence-corrected chi connectivity index (χ1v) is 6.46. The second-order valence-corrected chi connectivity index (χ2v) is 4.84. The van der Waals surface area contributed by atoms with Crippen molar-refractivity contribution in [2.24, 2.45) is 0 Å². The molecule has 1 N–H and O–H groups in total. The van der Waals surface area contributed by atoms with Crippen LogP contribution in [0.5, 0.6) is 5.88 Å². The van der Waals surface area contributed by atoms with Crippen LogP contribution in [0.4, 0.5) is 0 Å². The van der Waals surface area contributed by atoms with Gasteiger partial charge >= 0.3 is 0 Å². The summed E-state index contributed by atoms with van der Waals surface area (Å²) in [6, 6.07) is 11.2. The lowest BCUT2D eigenvalue weighted by atomic mass is 10.0. The highest BCUT2D eigenvalue weighted by Gasteiger charge is 2.08. The smallest absolute Gasteiger partial charge is 0.212 e. The van der Waals surface area contributed by atoms with Crippen LogP contribution in [0.2, 0.25) is 5.02 Å². The lowest BCUT2D eigenvalue weighted by Crippen LogP contribution is -2.14. The predicted octanol–water partition coefficient (Wildman–Crippen LogP) is 2.89. The zero-order valence-corrected chi connectivity index (χ0v) is 11.5. The Bertz CT molecular complexity index is 528. The number of rotatable bonds is 5. The van der Waals surface area contributed by atoms with Gasteiger partial charge in [0.15, 0.2) is 0 Å². The van der Waals surface area contributed by atoms with Crippen molar-refractivity contribution in [1.29, 1.82) is 0 Å². The molecule has 0 aliphatic heterocycles. The molecule has 1 heterocycles. The lowest BCUT2D eigenvalue weighted by molar-refractivity contribution is 0.175. The summed E-state index contributed by atoms with van der Waals surface area (Å²) in [6.45, 7) is 0. The molecule has 1 atom stereocenters. The number of halogens is 1. The van der Waals surface area contributed by atoms with Gasteiger partial charge in [-0.2, -0.15) is 0 Å². The molecule has 0 aliphatic rings. The van der Waals surface area contributed by atoms with Crippen molar-refractivity contribution >= 4 is 11.6 Å². The number of aliphatic hydroxyl groups excluding tert-OH is 1. The molecular formula is C15H16ClNO2. The van der Waals surface area contributed by atoms with E-state index in [1.165, 1.54) is 0 Å². The van der Waals surface area contributed by atoms with Gasteiger partial charge in [0.2, 0.25) is 5.88 Å². The summed E-state index contributed by atoms with van der Waals surface area (Å²) < 4.78 is 4.99. The molecular weight excluding hydrogens is 262 g/mol. The fraction of sp³-hybridized carbons (Fsp3) is 0.267. The molecule has 3 nitrogen and oxygen atoms in total. The summed E-state index contributed by atoms with van der Waals surface area (Å²) in [6.07, 6.45) is 2.41. The zero-order chi connectivity index (χ0) is 13.7. The molecule has 0 saturated carbocycles. The van der Waals surface area contributed by atoms with Crippen molar-refractivity contribution in [2.75, 3.05) is 7.11 Å². The summed E-state index contributed by atoms with van der Waals surface area (Å²) >= 11 is 5.92. The Kier molecular flexibility index (Phi) is 4.77. The average Bonchev–Trinajstić information content (AvgIpc) is 2.39. The molecule has 0 aliphatic carbocycles. The van der Waals surface area contributed by atoms with Crippen molar-refractivity contribution in [2.45, 2.75) is 18.9 Å². The topological polar surface area (TPSA) is 42.4 Å². The maximum atomic E-state index is 10.1. The van der Waals surface area contributed by atoms with E-state index in [0.717, 1.165) is 11.1 Å². The van der Waals surface area contributed by atoms with Crippen LogP contribution in [0.3, 0.4) is 0 Å². The largest absolute Gasteiger partial charge is 0.481 e. The summed E-state index contributed by atoms with van der Waals surface area (Å²) in [7, 11) is 1.58. The molecule has 1 unspecified atom stereocenters.